The number of hydrogen-bond acceptors (Lipinski definition) is 5. The summed E-state index contributed by atoms with van der Waals surface area (Å²) in [6.07, 6.45) is 5.36. The second-order valence-corrected chi connectivity index (χ2v) is 4.17. The monoisotopic (exact) mass is 260 g/mol. The topological polar surface area (TPSA) is 80.0 Å². The molecule has 0 atom stereocenters. The van der Waals surface area contributed by atoms with Crippen LogP contribution in [0.4, 0.5) is 11.4 Å². The lowest BCUT2D eigenvalue weighted by Crippen LogP contribution is -2.15. The number of carbonyl (C=O) groups is 1. The molecule has 0 fully saturated rings. The van der Waals surface area contributed by atoms with Crippen LogP contribution in [0.25, 0.3) is 0 Å². The van der Waals surface area contributed by atoms with Crippen LogP contribution in [0.2, 0.25) is 0 Å². The Kier molecular flexibility index (Phi) is 4.12. The Morgan fingerprint density at radius 1 is 1.42 bits per heavy atom. The first-order chi connectivity index (χ1) is 9.20. The molecule has 2 N–H and O–H groups in total. The van der Waals surface area contributed by atoms with Crippen molar-refractivity contribution in [2.24, 2.45) is 0 Å². The molecule has 0 aliphatic carbocycles. The van der Waals surface area contributed by atoms with Crippen LogP contribution in [0, 0.1) is 6.92 Å². The molecule has 100 valence electrons. The first-order valence-corrected chi connectivity index (χ1v) is 6.12. The summed E-state index contributed by atoms with van der Waals surface area (Å²) in [5.74, 6) is -0.241. The van der Waals surface area contributed by atoms with Gasteiger partial charge in [0, 0.05) is 18.4 Å². The fourth-order valence-electron chi connectivity index (χ4n) is 1.61. The number of pyridine rings is 1. The highest BCUT2D eigenvalue weighted by atomic mass is 16.5. The van der Waals surface area contributed by atoms with Gasteiger partial charge in [0.15, 0.2) is 0 Å². The number of anilines is 2. The number of nitrogens with zero attached hydrogens (tertiary/aromatic N) is 2. The van der Waals surface area contributed by atoms with E-state index in [9.17, 15) is 4.79 Å². The van der Waals surface area contributed by atoms with Crippen molar-refractivity contribution in [1.29, 1.82) is 0 Å². The molecular formula is C13H16N4O2. The second kappa shape index (κ2) is 5.99. The van der Waals surface area contributed by atoms with Crippen molar-refractivity contribution in [3.8, 4) is 0 Å². The van der Waals surface area contributed by atoms with E-state index in [4.69, 9.17) is 0 Å². The van der Waals surface area contributed by atoms with Gasteiger partial charge in [0.1, 0.15) is 12.0 Å². The van der Waals surface area contributed by atoms with Gasteiger partial charge in [-0.05, 0) is 19.4 Å². The van der Waals surface area contributed by atoms with Crippen LogP contribution in [0.5, 0.6) is 0 Å². The number of amides is 1. The zero-order valence-corrected chi connectivity index (χ0v) is 10.9. The van der Waals surface area contributed by atoms with Crippen LogP contribution in [0.1, 0.15) is 29.4 Å². The minimum absolute atomic E-state index is 0.241. The normalized spacial score (nSPS) is 10.2. The molecule has 1 amide bonds. The molecule has 6 nitrogen and oxygen atoms in total. The summed E-state index contributed by atoms with van der Waals surface area (Å²) in [6.45, 7) is 4.76. The predicted molar refractivity (Wildman–Crippen MR) is 72.2 cm³/mol. The van der Waals surface area contributed by atoms with Crippen LogP contribution in [0.3, 0.4) is 0 Å². The van der Waals surface area contributed by atoms with Gasteiger partial charge in [-0.15, -0.1) is 0 Å². The number of rotatable bonds is 5. The van der Waals surface area contributed by atoms with Crippen molar-refractivity contribution in [3.63, 3.8) is 0 Å². The third-order valence-electron chi connectivity index (χ3n) is 2.54. The highest BCUT2D eigenvalue weighted by Gasteiger charge is 2.13. The fraction of sp³-hybridized carbons (Fsp3) is 0.308. The van der Waals surface area contributed by atoms with Crippen LogP contribution in [-0.4, -0.2) is 22.6 Å². The fourth-order valence-corrected chi connectivity index (χ4v) is 1.61. The molecule has 0 bridgehead atoms. The molecule has 6 heteroatoms. The van der Waals surface area contributed by atoms with Crippen LogP contribution >= 0.6 is 0 Å². The van der Waals surface area contributed by atoms with E-state index in [2.05, 4.69) is 32.2 Å². The van der Waals surface area contributed by atoms with E-state index in [0.29, 0.717) is 11.3 Å². The molecule has 0 saturated heterocycles. The summed E-state index contributed by atoms with van der Waals surface area (Å²) in [5, 5.41) is 9.46. The number of nitrogens with one attached hydrogen (secondary N) is 2. The van der Waals surface area contributed by atoms with Crippen molar-refractivity contribution in [1.82, 2.24) is 10.1 Å². The first kappa shape index (κ1) is 13.1. The lowest BCUT2D eigenvalue weighted by Gasteiger charge is -2.11. The van der Waals surface area contributed by atoms with E-state index >= 15 is 0 Å². The summed E-state index contributed by atoms with van der Waals surface area (Å²) in [7, 11) is 0. The number of hydrogen-bond donors (Lipinski definition) is 2. The van der Waals surface area contributed by atoms with E-state index < -0.39 is 0 Å². The van der Waals surface area contributed by atoms with E-state index in [0.717, 1.165) is 24.3 Å². The van der Waals surface area contributed by atoms with E-state index in [1.54, 1.807) is 6.20 Å². The maximum absolute atomic E-state index is 12.1. The standard InChI is InChI=1S/C13H16N4O2/c1-3-4-14-12-5-9(2)15-7-11(12)13(18)17-10-6-16-19-8-10/h5-8H,3-4H2,1-2H3,(H,14,15)(H,17,18). The van der Waals surface area contributed by atoms with E-state index in [1.165, 1.54) is 12.5 Å². The van der Waals surface area contributed by atoms with Crippen molar-refractivity contribution >= 4 is 17.3 Å². The molecule has 0 radical (unpaired) electrons. The quantitative estimate of drug-likeness (QED) is 0.863. The highest BCUT2D eigenvalue weighted by molar-refractivity contribution is 6.07. The summed E-state index contributed by atoms with van der Waals surface area (Å²) in [4.78, 5) is 16.3. The lowest BCUT2D eigenvalue weighted by atomic mass is 10.2. The first-order valence-electron chi connectivity index (χ1n) is 6.12. The van der Waals surface area contributed by atoms with Gasteiger partial charge in [0.05, 0.1) is 17.4 Å². The third-order valence-corrected chi connectivity index (χ3v) is 2.54. The van der Waals surface area contributed by atoms with Gasteiger partial charge in [-0.25, -0.2) is 0 Å². The number of carbonyl (C=O) groups excluding carboxylic acids is 1. The van der Waals surface area contributed by atoms with Crippen molar-refractivity contribution in [3.05, 3.63) is 36.0 Å². The Bertz CT molecular complexity index is 552. The maximum Gasteiger partial charge on any atom is 0.259 e. The molecule has 0 aliphatic heterocycles. The molecule has 0 aromatic carbocycles. The molecule has 0 aliphatic rings. The van der Waals surface area contributed by atoms with E-state index in [-0.39, 0.29) is 5.91 Å². The van der Waals surface area contributed by atoms with Gasteiger partial charge in [0.25, 0.3) is 5.91 Å². The number of aromatic nitrogens is 2. The smallest absolute Gasteiger partial charge is 0.259 e. The Morgan fingerprint density at radius 2 is 2.26 bits per heavy atom. The molecule has 0 spiro atoms. The molecule has 0 unspecified atom stereocenters. The molecule has 2 heterocycles. The van der Waals surface area contributed by atoms with E-state index in [1.807, 2.05) is 13.0 Å². The Balaban J connectivity index is 2.20. The van der Waals surface area contributed by atoms with Gasteiger partial charge in [0.2, 0.25) is 0 Å². The van der Waals surface area contributed by atoms with Crippen molar-refractivity contribution in [2.45, 2.75) is 20.3 Å². The minimum atomic E-state index is -0.241. The number of aryl methyl sites for hydroxylation is 1. The van der Waals surface area contributed by atoms with Gasteiger partial charge in [-0.1, -0.05) is 12.1 Å². The SMILES string of the molecule is CCCNc1cc(C)ncc1C(=O)Nc1cnoc1. The maximum atomic E-state index is 12.1. The molecule has 2 aromatic rings. The summed E-state index contributed by atoms with van der Waals surface area (Å²) in [5.41, 5.74) is 2.66. The van der Waals surface area contributed by atoms with Gasteiger partial charge >= 0.3 is 0 Å². The zero-order chi connectivity index (χ0) is 13.7. The largest absolute Gasteiger partial charge is 0.384 e. The molecule has 2 aromatic heterocycles. The Morgan fingerprint density at radius 3 is 2.95 bits per heavy atom. The second-order valence-electron chi connectivity index (χ2n) is 4.17. The Hall–Kier alpha value is -2.37. The summed E-state index contributed by atoms with van der Waals surface area (Å²) in [6, 6.07) is 1.86. The zero-order valence-electron chi connectivity index (χ0n) is 10.9. The Labute approximate surface area is 111 Å². The average molecular weight is 260 g/mol. The molecular weight excluding hydrogens is 244 g/mol. The lowest BCUT2D eigenvalue weighted by molar-refractivity contribution is 0.102. The van der Waals surface area contributed by atoms with Gasteiger partial charge in [-0.3, -0.25) is 9.78 Å². The summed E-state index contributed by atoms with van der Waals surface area (Å²) < 4.78 is 4.67. The predicted octanol–water partition coefficient (Wildman–Crippen LogP) is 2.45. The third kappa shape index (κ3) is 3.31. The molecule has 0 saturated carbocycles. The van der Waals surface area contributed by atoms with Crippen LogP contribution in [0.15, 0.2) is 29.2 Å². The minimum Gasteiger partial charge on any atom is -0.384 e. The molecule has 19 heavy (non-hydrogen) atoms. The van der Waals surface area contributed by atoms with Crippen LogP contribution in [-0.2, 0) is 0 Å². The van der Waals surface area contributed by atoms with Crippen molar-refractivity contribution in [2.75, 3.05) is 17.2 Å². The average Bonchev–Trinajstić information content (AvgIpc) is 2.89. The van der Waals surface area contributed by atoms with Crippen molar-refractivity contribution < 1.29 is 9.32 Å². The highest BCUT2D eigenvalue weighted by Crippen LogP contribution is 2.17. The summed E-state index contributed by atoms with van der Waals surface area (Å²) >= 11 is 0. The molecule has 2 rings (SSSR count). The van der Waals surface area contributed by atoms with Gasteiger partial charge in [-0.2, -0.15) is 0 Å². The van der Waals surface area contributed by atoms with Crippen LogP contribution < -0.4 is 10.6 Å². The van der Waals surface area contributed by atoms with Gasteiger partial charge < -0.3 is 15.2 Å².